The van der Waals surface area contributed by atoms with Gasteiger partial charge in [0.25, 0.3) is 11.8 Å². The van der Waals surface area contributed by atoms with E-state index in [0.29, 0.717) is 35.1 Å². The quantitative estimate of drug-likeness (QED) is 0.499. The third kappa shape index (κ3) is 7.29. The highest BCUT2D eigenvalue weighted by atomic mass is 32.1. The molecule has 0 saturated heterocycles. The number of nitrogens with zero attached hydrogens (tertiary/aromatic N) is 1. The maximum atomic E-state index is 13.0. The minimum Gasteiger partial charge on any atom is -0.494 e. The summed E-state index contributed by atoms with van der Waals surface area (Å²) in [5, 5.41) is 6.15. The number of carbonyl (C=O) groups is 2. The van der Waals surface area contributed by atoms with Gasteiger partial charge >= 0.3 is 0 Å². The number of benzene rings is 2. The van der Waals surface area contributed by atoms with Crippen molar-refractivity contribution in [2.45, 2.75) is 58.4 Å². The summed E-state index contributed by atoms with van der Waals surface area (Å²) in [6.07, 6.45) is 6.49. The van der Waals surface area contributed by atoms with Crippen LogP contribution in [0.4, 0.5) is 5.69 Å². The molecule has 34 heavy (non-hydrogen) atoms. The molecule has 1 fully saturated rings. The van der Waals surface area contributed by atoms with Crippen LogP contribution in [0.2, 0.25) is 0 Å². The van der Waals surface area contributed by atoms with Gasteiger partial charge in [-0.05, 0) is 67.7 Å². The molecule has 0 heterocycles. The van der Waals surface area contributed by atoms with Gasteiger partial charge in [-0.1, -0.05) is 51.3 Å². The molecular formula is C27H35N3O3S. The lowest BCUT2D eigenvalue weighted by Gasteiger charge is -2.26. The molecule has 6 nitrogen and oxygen atoms in total. The zero-order chi connectivity index (χ0) is 24.5. The summed E-state index contributed by atoms with van der Waals surface area (Å²) >= 11 is 5.51. The number of hydrogen-bond acceptors (Lipinski definition) is 4. The van der Waals surface area contributed by atoms with Gasteiger partial charge in [0, 0.05) is 18.7 Å². The molecule has 0 spiro atoms. The van der Waals surface area contributed by atoms with Gasteiger partial charge in [0.05, 0.1) is 17.9 Å². The molecule has 2 aromatic rings. The van der Waals surface area contributed by atoms with E-state index < -0.39 is 0 Å². The normalized spacial score (nSPS) is 13.9. The first-order valence-corrected chi connectivity index (χ1v) is 12.5. The van der Waals surface area contributed by atoms with Crippen molar-refractivity contribution in [3.63, 3.8) is 0 Å². The van der Waals surface area contributed by atoms with E-state index in [1.54, 1.807) is 36.2 Å². The summed E-state index contributed by atoms with van der Waals surface area (Å²) in [5.41, 5.74) is 1.64. The molecule has 7 heteroatoms. The van der Waals surface area contributed by atoms with Gasteiger partial charge in [0.15, 0.2) is 5.11 Å². The minimum atomic E-state index is -0.324. The van der Waals surface area contributed by atoms with Gasteiger partial charge in [-0.2, -0.15) is 0 Å². The van der Waals surface area contributed by atoms with E-state index in [4.69, 9.17) is 17.0 Å². The van der Waals surface area contributed by atoms with Crippen LogP contribution < -0.4 is 20.3 Å². The Bertz CT molecular complexity index is 1000. The molecule has 1 aliphatic carbocycles. The molecular weight excluding hydrogens is 446 g/mol. The highest BCUT2D eigenvalue weighted by Crippen LogP contribution is 2.22. The lowest BCUT2D eigenvalue weighted by Crippen LogP contribution is -2.42. The van der Waals surface area contributed by atoms with E-state index in [1.165, 1.54) is 6.42 Å². The second-order valence-electron chi connectivity index (χ2n) is 9.20. The van der Waals surface area contributed by atoms with Crippen molar-refractivity contribution in [3.05, 3.63) is 59.7 Å². The second kappa shape index (κ2) is 12.5. The number of carbonyl (C=O) groups excluding carboxylic acids is 2. The van der Waals surface area contributed by atoms with Gasteiger partial charge < -0.3 is 15.0 Å². The molecule has 3 rings (SSSR count). The van der Waals surface area contributed by atoms with Crippen molar-refractivity contribution in [3.8, 4) is 5.75 Å². The zero-order valence-corrected chi connectivity index (χ0v) is 21.1. The van der Waals surface area contributed by atoms with Crippen molar-refractivity contribution >= 4 is 34.8 Å². The summed E-state index contributed by atoms with van der Waals surface area (Å²) < 4.78 is 5.77. The lowest BCUT2D eigenvalue weighted by molar-refractivity contribution is 0.0927. The molecule has 2 amide bonds. The van der Waals surface area contributed by atoms with Crippen LogP contribution in [0.3, 0.4) is 0 Å². The Balaban J connectivity index is 1.64. The van der Waals surface area contributed by atoms with Gasteiger partial charge in [-0.15, -0.1) is 0 Å². The van der Waals surface area contributed by atoms with Crippen LogP contribution >= 0.6 is 12.2 Å². The Morgan fingerprint density at radius 2 is 1.79 bits per heavy atom. The number of anilines is 1. The largest absolute Gasteiger partial charge is 0.494 e. The van der Waals surface area contributed by atoms with Crippen molar-refractivity contribution in [2.75, 3.05) is 18.6 Å². The molecule has 0 unspecified atom stereocenters. The van der Waals surface area contributed by atoms with Gasteiger partial charge in [0.1, 0.15) is 5.75 Å². The number of nitrogens with one attached hydrogen (secondary N) is 2. The molecule has 2 aromatic carbocycles. The molecule has 0 bridgehead atoms. The van der Waals surface area contributed by atoms with Crippen LogP contribution in [0, 0.1) is 5.92 Å². The lowest BCUT2D eigenvalue weighted by atomic mass is 9.95. The Labute approximate surface area is 208 Å². The first kappa shape index (κ1) is 25.7. The molecule has 182 valence electrons. The van der Waals surface area contributed by atoms with Crippen LogP contribution in [-0.2, 0) is 0 Å². The Morgan fingerprint density at radius 3 is 2.53 bits per heavy atom. The van der Waals surface area contributed by atoms with E-state index >= 15 is 0 Å². The van der Waals surface area contributed by atoms with Gasteiger partial charge in [0.2, 0.25) is 0 Å². The number of hydrogen-bond donors (Lipinski definition) is 2. The summed E-state index contributed by atoms with van der Waals surface area (Å²) in [6.45, 7) is 4.88. The smallest absolute Gasteiger partial charge is 0.257 e. The average Bonchev–Trinajstić information content (AvgIpc) is 2.84. The fraction of sp³-hybridized carbons (Fsp3) is 0.444. The van der Waals surface area contributed by atoms with Gasteiger partial charge in [-0.25, -0.2) is 0 Å². The number of amides is 2. The summed E-state index contributed by atoms with van der Waals surface area (Å²) in [7, 11) is 1.75. The molecule has 0 aliphatic heterocycles. The van der Waals surface area contributed by atoms with E-state index in [2.05, 4.69) is 24.5 Å². The third-order valence-corrected chi connectivity index (χ3v) is 6.41. The minimum absolute atomic E-state index is 0.116. The topological polar surface area (TPSA) is 70.7 Å². The standard InChI is InChI=1S/C27H35N3O3S/c1-19(2)16-17-33-22-13-9-10-20(18-22)25(31)29-27(34)30(3)24-15-8-7-14-23(24)26(32)28-21-11-5-4-6-12-21/h7-10,13-15,18-19,21H,4-6,11-12,16-17H2,1-3H3,(H,28,32)(H,29,31,34). The first-order chi connectivity index (χ1) is 16.3. The van der Waals surface area contributed by atoms with Crippen LogP contribution in [0.15, 0.2) is 48.5 Å². The maximum absolute atomic E-state index is 13.0. The highest BCUT2D eigenvalue weighted by Gasteiger charge is 2.21. The predicted octanol–water partition coefficient (Wildman–Crippen LogP) is 5.33. The van der Waals surface area contributed by atoms with Crippen LogP contribution in [-0.4, -0.2) is 36.6 Å². The number of ether oxygens (including phenoxy) is 1. The fourth-order valence-corrected chi connectivity index (χ4v) is 4.16. The molecule has 2 N–H and O–H groups in total. The summed E-state index contributed by atoms with van der Waals surface area (Å²) in [4.78, 5) is 27.5. The number of thiocarbonyl (C=S) groups is 1. The number of para-hydroxylation sites is 1. The second-order valence-corrected chi connectivity index (χ2v) is 9.59. The number of rotatable bonds is 8. The van der Waals surface area contributed by atoms with Crippen molar-refractivity contribution < 1.29 is 14.3 Å². The monoisotopic (exact) mass is 481 g/mol. The van der Waals surface area contributed by atoms with Crippen molar-refractivity contribution in [1.82, 2.24) is 10.6 Å². The van der Waals surface area contributed by atoms with Crippen molar-refractivity contribution in [1.29, 1.82) is 0 Å². The van der Waals surface area contributed by atoms with E-state index in [0.717, 1.165) is 32.1 Å². The zero-order valence-electron chi connectivity index (χ0n) is 20.3. The third-order valence-electron chi connectivity index (χ3n) is 6.04. The Morgan fingerprint density at radius 1 is 1.06 bits per heavy atom. The summed E-state index contributed by atoms with van der Waals surface area (Å²) in [5.74, 6) is 0.759. The van der Waals surface area contributed by atoms with Crippen LogP contribution in [0.5, 0.6) is 5.75 Å². The average molecular weight is 482 g/mol. The molecule has 0 radical (unpaired) electrons. The maximum Gasteiger partial charge on any atom is 0.257 e. The SMILES string of the molecule is CC(C)CCOc1cccc(C(=O)NC(=S)N(C)c2ccccc2C(=O)NC2CCCCC2)c1. The molecule has 0 aromatic heterocycles. The molecule has 0 atom stereocenters. The van der Waals surface area contributed by atoms with Crippen LogP contribution in [0.25, 0.3) is 0 Å². The highest BCUT2D eigenvalue weighted by molar-refractivity contribution is 7.80. The van der Waals surface area contributed by atoms with Crippen LogP contribution in [0.1, 0.15) is 73.1 Å². The Hall–Kier alpha value is -2.93. The fourth-order valence-electron chi connectivity index (χ4n) is 3.97. The predicted molar refractivity (Wildman–Crippen MR) is 141 cm³/mol. The Kier molecular flexibility index (Phi) is 9.45. The van der Waals surface area contributed by atoms with E-state index in [9.17, 15) is 9.59 Å². The van der Waals surface area contributed by atoms with Crippen molar-refractivity contribution in [2.24, 2.45) is 5.92 Å². The first-order valence-electron chi connectivity index (χ1n) is 12.1. The van der Waals surface area contributed by atoms with Gasteiger partial charge in [-0.3, -0.25) is 14.9 Å². The molecule has 1 saturated carbocycles. The summed E-state index contributed by atoms with van der Waals surface area (Å²) in [6, 6.07) is 14.6. The van der Waals surface area contributed by atoms with E-state index in [-0.39, 0.29) is 23.0 Å². The molecule has 1 aliphatic rings. The van der Waals surface area contributed by atoms with E-state index in [1.807, 2.05) is 24.3 Å².